The molecule has 0 atom stereocenters. The van der Waals surface area contributed by atoms with Crippen molar-refractivity contribution in [3.05, 3.63) is 36.7 Å². The van der Waals surface area contributed by atoms with Gasteiger partial charge in [0.2, 0.25) is 5.89 Å². The standard InChI is InChI=1S/C11H9N5O2S/c12-9-11(14-4-3-13-9)19-6-8-15-16-10(18-8)7-2-1-5-17-7/h1-5H,6H2,(H2,12,13). The highest BCUT2D eigenvalue weighted by molar-refractivity contribution is 7.98. The molecule has 3 aromatic rings. The molecule has 0 unspecified atom stereocenters. The van der Waals surface area contributed by atoms with Gasteiger partial charge in [-0.05, 0) is 12.1 Å². The molecule has 3 rings (SSSR count). The molecule has 0 saturated heterocycles. The lowest BCUT2D eigenvalue weighted by Gasteiger charge is -1.99. The highest BCUT2D eigenvalue weighted by Crippen LogP contribution is 2.25. The Hall–Kier alpha value is -2.35. The van der Waals surface area contributed by atoms with E-state index in [4.69, 9.17) is 14.6 Å². The van der Waals surface area contributed by atoms with Crippen LogP contribution in [0, 0.1) is 0 Å². The summed E-state index contributed by atoms with van der Waals surface area (Å²) in [6.07, 6.45) is 4.68. The lowest BCUT2D eigenvalue weighted by Crippen LogP contribution is -1.94. The average Bonchev–Trinajstić information content (AvgIpc) is 3.09. The maximum Gasteiger partial charge on any atom is 0.283 e. The molecule has 96 valence electrons. The lowest BCUT2D eigenvalue weighted by molar-refractivity contribution is 0.494. The number of hydrogen-bond acceptors (Lipinski definition) is 8. The number of nitrogens with two attached hydrogens (primary N) is 1. The molecule has 0 amide bonds. The zero-order valence-electron chi connectivity index (χ0n) is 9.68. The number of thioether (sulfide) groups is 1. The molecular formula is C11H9N5O2S. The number of nitrogen functional groups attached to an aromatic ring is 1. The highest BCUT2D eigenvalue weighted by atomic mass is 32.2. The van der Waals surface area contributed by atoms with E-state index in [1.54, 1.807) is 30.8 Å². The van der Waals surface area contributed by atoms with E-state index in [0.29, 0.717) is 34.1 Å². The highest BCUT2D eigenvalue weighted by Gasteiger charge is 2.12. The van der Waals surface area contributed by atoms with Gasteiger partial charge in [0, 0.05) is 12.4 Å². The molecule has 0 bridgehead atoms. The molecular weight excluding hydrogens is 266 g/mol. The molecule has 0 fully saturated rings. The molecule has 0 aliphatic carbocycles. The van der Waals surface area contributed by atoms with Gasteiger partial charge in [-0.1, -0.05) is 11.8 Å². The van der Waals surface area contributed by atoms with Crippen molar-refractivity contribution in [2.75, 3.05) is 5.73 Å². The predicted octanol–water partition coefficient (Wildman–Crippen LogP) is 1.99. The summed E-state index contributed by atoms with van der Waals surface area (Å²) in [6, 6.07) is 3.51. The second-order valence-corrected chi connectivity index (χ2v) is 4.48. The summed E-state index contributed by atoms with van der Waals surface area (Å²) in [5, 5.41) is 8.47. The van der Waals surface area contributed by atoms with Gasteiger partial charge in [0.15, 0.2) is 11.6 Å². The number of anilines is 1. The van der Waals surface area contributed by atoms with Crippen LogP contribution in [-0.4, -0.2) is 20.2 Å². The molecule has 0 radical (unpaired) electrons. The maximum atomic E-state index is 5.69. The minimum Gasteiger partial charge on any atom is -0.459 e. The quantitative estimate of drug-likeness (QED) is 0.721. The third-order valence-electron chi connectivity index (χ3n) is 2.22. The van der Waals surface area contributed by atoms with Crippen LogP contribution in [0.2, 0.25) is 0 Å². The van der Waals surface area contributed by atoms with Gasteiger partial charge < -0.3 is 14.6 Å². The first-order valence-electron chi connectivity index (χ1n) is 5.38. The van der Waals surface area contributed by atoms with Crippen molar-refractivity contribution in [3.8, 4) is 11.7 Å². The van der Waals surface area contributed by atoms with E-state index >= 15 is 0 Å². The summed E-state index contributed by atoms with van der Waals surface area (Å²) in [6.45, 7) is 0. The Bertz CT molecular complexity index is 667. The van der Waals surface area contributed by atoms with Gasteiger partial charge in [-0.3, -0.25) is 0 Å². The predicted molar refractivity (Wildman–Crippen MR) is 68.0 cm³/mol. The van der Waals surface area contributed by atoms with E-state index < -0.39 is 0 Å². The van der Waals surface area contributed by atoms with Crippen molar-refractivity contribution < 1.29 is 8.83 Å². The normalized spacial score (nSPS) is 10.7. The van der Waals surface area contributed by atoms with Gasteiger partial charge in [0.25, 0.3) is 5.89 Å². The number of aromatic nitrogens is 4. The van der Waals surface area contributed by atoms with Crippen LogP contribution in [0.15, 0.2) is 44.6 Å². The molecule has 0 aliphatic rings. The summed E-state index contributed by atoms with van der Waals surface area (Å²) < 4.78 is 10.6. The van der Waals surface area contributed by atoms with Crippen LogP contribution < -0.4 is 5.73 Å². The van der Waals surface area contributed by atoms with Crippen LogP contribution in [0.25, 0.3) is 11.7 Å². The monoisotopic (exact) mass is 275 g/mol. The SMILES string of the molecule is Nc1nccnc1SCc1nnc(-c2ccco2)o1. The van der Waals surface area contributed by atoms with Crippen LogP contribution >= 0.6 is 11.8 Å². The van der Waals surface area contributed by atoms with Crippen molar-refractivity contribution in [2.45, 2.75) is 10.8 Å². The smallest absolute Gasteiger partial charge is 0.283 e. The summed E-state index contributed by atoms with van der Waals surface area (Å²) in [4.78, 5) is 8.07. The van der Waals surface area contributed by atoms with E-state index in [2.05, 4.69) is 20.2 Å². The van der Waals surface area contributed by atoms with E-state index in [1.165, 1.54) is 11.8 Å². The Kier molecular flexibility index (Phi) is 3.15. The van der Waals surface area contributed by atoms with E-state index in [-0.39, 0.29) is 0 Å². The summed E-state index contributed by atoms with van der Waals surface area (Å²) in [5.41, 5.74) is 5.69. The number of hydrogen-bond donors (Lipinski definition) is 1. The van der Waals surface area contributed by atoms with Crippen LogP contribution in [0.3, 0.4) is 0 Å². The van der Waals surface area contributed by atoms with Crippen molar-refractivity contribution in [3.63, 3.8) is 0 Å². The molecule has 0 aliphatic heterocycles. The third-order valence-corrected chi connectivity index (χ3v) is 3.20. The number of furan rings is 1. The largest absolute Gasteiger partial charge is 0.459 e. The molecule has 3 heterocycles. The van der Waals surface area contributed by atoms with Crippen molar-refractivity contribution >= 4 is 17.6 Å². The van der Waals surface area contributed by atoms with Gasteiger partial charge in [-0.2, -0.15) is 0 Å². The van der Waals surface area contributed by atoms with Gasteiger partial charge in [0.05, 0.1) is 12.0 Å². The van der Waals surface area contributed by atoms with Gasteiger partial charge in [-0.25, -0.2) is 9.97 Å². The van der Waals surface area contributed by atoms with E-state index in [1.807, 2.05) is 0 Å². The van der Waals surface area contributed by atoms with Crippen LogP contribution in [0.1, 0.15) is 5.89 Å². The Morgan fingerprint density at radius 2 is 2.11 bits per heavy atom. The first-order valence-corrected chi connectivity index (χ1v) is 6.37. The van der Waals surface area contributed by atoms with Crippen molar-refractivity contribution in [1.29, 1.82) is 0 Å². The fraction of sp³-hybridized carbons (Fsp3) is 0.0909. The minimum absolute atomic E-state index is 0.354. The minimum atomic E-state index is 0.354. The van der Waals surface area contributed by atoms with Gasteiger partial charge >= 0.3 is 0 Å². The van der Waals surface area contributed by atoms with Crippen LogP contribution in [0.4, 0.5) is 5.82 Å². The fourth-order valence-corrected chi connectivity index (χ4v) is 2.10. The van der Waals surface area contributed by atoms with Crippen molar-refractivity contribution in [1.82, 2.24) is 20.2 Å². The first-order chi connectivity index (χ1) is 9.33. The maximum absolute atomic E-state index is 5.69. The Morgan fingerprint density at radius 3 is 2.89 bits per heavy atom. The van der Waals surface area contributed by atoms with E-state index in [9.17, 15) is 0 Å². The molecule has 0 spiro atoms. The van der Waals surface area contributed by atoms with Crippen molar-refractivity contribution in [2.24, 2.45) is 0 Å². The van der Waals surface area contributed by atoms with Crippen LogP contribution in [0.5, 0.6) is 0 Å². The summed E-state index contributed by atoms with van der Waals surface area (Å²) in [5.74, 6) is 2.23. The topological polar surface area (TPSA) is 104 Å². The van der Waals surface area contributed by atoms with Gasteiger partial charge in [-0.15, -0.1) is 10.2 Å². The zero-order chi connectivity index (χ0) is 13.1. The summed E-state index contributed by atoms with van der Waals surface area (Å²) >= 11 is 1.39. The second-order valence-electron chi connectivity index (χ2n) is 3.51. The number of nitrogens with zero attached hydrogens (tertiary/aromatic N) is 4. The van der Waals surface area contributed by atoms with Crippen LogP contribution in [-0.2, 0) is 5.75 Å². The molecule has 0 saturated carbocycles. The Balaban J connectivity index is 1.70. The summed E-state index contributed by atoms with van der Waals surface area (Å²) in [7, 11) is 0. The molecule has 8 heteroatoms. The Morgan fingerprint density at radius 1 is 1.21 bits per heavy atom. The lowest BCUT2D eigenvalue weighted by atomic mass is 10.5. The second kappa shape index (κ2) is 5.11. The van der Waals surface area contributed by atoms with E-state index in [0.717, 1.165) is 0 Å². The molecule has 7 nitrogen and oxygen atoms in total. The first kappa shape index (κ1) is 11.7. The Labute approximate surface area is 112 Å². The molecule has 3 aromatic heterocycles. The molecule has 2 N–H and O–H groups in total. The average molecular weight is 275 g/mol. The fourth-order valence-electron chi connectivity index (χ4n) is 1.39. The molecule has 0 aromatic carbocycles. The number of rotatable bonds is 4. The zero-order valence-corrected chi connectivity index (χ0v) is 10.5. The third kappa shape index (κ3) is 2.58. The van der Waals surface area contributed by atoms with Gasteiger partial charge in [0.1, 0.15) is 5.03 Å². The molecule has 19 heavy (non-hydrogen) atoms.